The molecular weight excluding hydrogens is 392 g/mol. The molecule has 1 aromatic heterocycles. The molecular formula is C21H21N2O5S. The zero-order chi connectivity index (χ0) is 20.6. The summed E-state index contributed by atoms with van der Waals surface area (Å²) < 4.78 is 22.1. The predicted octanol–water partition coefficient (Wildman–Crippen LogP) is 4.41. The van der Waals surface area contributed by atoms with Crippen LogP contribution in [-0.2, 0) is 4.74 Å². The van der Waals surface area contributed by atoms with E-state index in [1.165, 1.54) is 11.3 Å². The quantitative estimate of drug-likeness (QED) is 0.560. The number of benzene rings is 2. The van der Waals surface area contributed by atoms with Crippen LogP contribution in [0.15, 0.2) is 47.8 Å². The smallest absolute Gasteiger partial charge is 0.257 e. The van der Waals surface area contributed by atoms with Gasteiger partial charge in [-0.2, -0.15) is 0 Å². The van der Waals surface area contributed by atoms with Crippen LogP contribution in [0, 0.1) is 6.20 Å². The number of rotatable bonds is 9. The second kappa shape index (κ2) is 9.90. The minimum atomic E-state index is -0.322. The molecule has 0 saturated heterocycles. The van der Waals surface area contributed by atoms with Crippen molar-refractivity contribution in [2.24, 2.45) is 0 Å². The molecule has 0 aliphatic rings. The standard InChI is InChI=1S/C21H21N2O5S/c1-14(13-25-2)27-18-10-15(20(24)23-21-22-8-9-29-21)11-19(12-18)28-17-6-4-16(26-3)5-7-17/h4-7,9-12,14H,13H2,1-3H3,(H,22,23,24)/t14-/m0/s1. The summed E-state index contributed by atoms with van der Waals surface area (Å²) in [6.07, 6.45) is 2.48. The molecule has 0 aliphatic carbocycles. The number of carbonyl (C=O) groups excluding carboxylic acids is 1. The van der Waals surface area contributed by atoms with Crippen LogP contribution in [0.4, 0.5) is 5.13 Å². The Labute approximate surface area is 173 Å². The molecule has 0 aliphatic heterocycles. The van der Waals surface area contributed by atoms with Gasteiger partial charge in [-0.15, -0.1) is 11.3 Å². The number of hydrogen-bond donors (Lipinski definition) is 1. The number of carbonyl (C=O) groups is 1. The van der Waals surface area contributed by atoms with E-state index >= 15 is 0 Å². The van der Waals surface area contributed by atoms with E-state index < -0.39 is 0 Å². The van der Waals surface area contributed by atoms with Crippen molar-refractivity contribution in [3.8, 4) is 23.0 Å². The predicted molar refractivity (Wildman–Crippen MR) is 110 cm³/mol. The molecule has 0 spiro atoms. The molecule has 2 aromatic carbocycles. The second-order valence-corrected chi connectivity index (χ2v) is 6.95. The van der Waals surface area contributed by atoms with Gasteiger partial charge in [-0.05, 0) is 43.3 Å². The molecule has 1 amide bonds. The van der Waals surface area contributed by atoms with Gasteiger partial charge in [0.15, 0.2) is 5.13 Å². The van der Waals surface area contributed by atoms with E-state index in [4.69, 9.17) is 18.9 Å². The van der Waals surface area contributed by atoms with Gasteiger partial charge < -0.3 is 18.9 Å². The summed E-state index contributed by atoms with van der Waals surface area (Å²) in [4.78, 5) is 16.6. The summed E-state index contributed by atoms with van der Waals surface area (Å²) in [6, 6.07) is 12.2. The first kappa shape index (κ1) is 20.6. The molecule has 0 saturated carbocycles. The lowest BCUT2D eigenvalue weighted by atomic mass is 10.2. The van der Waals surface area contributed by atoms with Crippen LogP contribution >= 0.6 is 11.3 Å². The fourth-order valence-electron chi connectivity index (χ4n) is 2.53. The largest absolute Gasteiger partial charge is 0.497 e. The number of nitrogens with zero attached hydrogens (tertiary/aromatic N) is 1. The van der Waals surface area contributed by atoms with E-state index in [2.05, 4.69) is 16.5 Å². The topological polar surface area (TPSA) is 78.9 Å². The van der Waals surface area contributed by atoms with Crippen molar-refractivity contribution in [1.29, 1.82) is 0 Å². The van der Waals surface area contributed by atoms with E-state index in [-0.39, 0.29) is 12.0 Å². The fraction of sp³-hybridized carbons (Fsp3) is 0.238. The number of amides is 1. The summed E-state index contributed by atoms with van der Waals surface area (Å²) >= 11 is 1.29. The van der Waals surface area contributed by atoms with Crippen molar-refractivity contribution < 1.29 is 23.7 Å². The van der Waals surface area contributed by atoms with Crippen molar-refractivity contribution in [1.82, 2.24) is 4.98 Å². The number of thiazole rings is 1. The highest BCUT2D eigenvalue weighted by Gasteiger charge is 2.14. The summed E-state index contributed by atoms with van der Waals surface area (Å²) in [7, 11) is 3.20. The minimum absolute atomic E-state index is 0.194. The molecule has 0 fully saturated rings. The summed E-state index contributed by atoms with van der Waals surface area (Å²) in [6.45, 7) is 2.30. The lowest BCUT2D eigenvalue weighted by Gasteiger charge is -2.16. The van der Waals surface area contributed by atoms with Gasteiger partial charge in [0.05, 0.1) is 13.7 Å². The van der Waals surface area contributed by atoms with Crippen LogP contribution in [0.3, 0.4) is 0 Å². The van der Waals surface area contributed by atoms with Gasteiger partial charge >= 0.3 is 0 Å². The zero-order valence-electron chi connectivity index (χ0n) is 16.3. The maximum Gasteiger partial charge on any atom is 0.257 e. The molecule has 3 aromatic rings. The normalized spacial score (nSPS) is 11.6. The van der Waals surface area contributed by atoms with E-state index in [0.29, 0.717) is 34.6 Å². The Morgan fingerprint density at radius 1 is 1.10 bits per heavy atom. The van der Waals surface area contributed by atoms with Gasteiger partial charge in [-0.25, -0.2) is 4.98 Å². The Balaban J connectivity index is 1.85. The number of nitrogens with one attached hydrogen (secondary N) is 1. The maximum absolute atomic E-state index is 12.7. The van der Waals surface area contributed by atoms with Gasteiger partial charge in [0.2, 0.25) is 0 Å². The molecule has 1 radical (unpaired) electrons. The van der Waals surface area contributed by atoms with Gasteiger partial charge in [0, 0.05) is 24.1 Å². The van der Waals surface area contributed by atoms with Crippen LogP contribution in [0.25, 0.3) is 0 Å². The third-order valence-corrected chi connectivity index (χ3v) is 4.43. The minimum Gasteiger partial charge on any atom is -0.497 e. The Hall–Kier alpha value is -3.10. The van der Waals surface area contributed by atoms with Crippen LogP contribution in [0.2, 0.25) is 0 Å². The first-order chi connectivity index (χ1) is 14.1. The Kier molecular flexibility index (Phi) is 7.04. The maximum atomic E-state index is 12.7. The van der Waals surface area contributed by atoms with Gasteiger partial charge in [-0.3, -0.25) is 10.1 Å². The van der Waals surface area contributed by atoms with Gasteiger partial charge in [-0.1, -0.05) is 0 Å². The molecule has 1 atom stereocenters. The Bertz CT molecular complexity index is 929. The van der Waals surface area contributed by atoms with E-state index in [9.17, 15) is 4.79 Å². The third kappa shape index (κ3) is 5.94. The Morgan fingerprint density at radius 2 is 1.83 bits per heavy atom. The molecule has 3 rings (SSSR count). The molecule has 29 heavy (non-hydrogen) atoms. The summed E-state index contributed by atoms with van der Waals surface area (Å²) in [5.74, 6) is 1.97. The first-order valence-electron chi connectivity index (χ1n) is 8.83. The molecule has 7 nitrogen and oxygen atoms in total. The number of hydrogen-bond acceptors (Lipinski definition) is 7. The van der Waals surface area contributed by atoms with Crippen molar-refractivity contribution in [2.45, 2.75) is 13.0 Å². The van der Waals surface area contributed by atoms with Crippen molar-refractivity contribution in [3.63, 3.8) is 0 Å². The molecule has 8 heteroatoms. The lowest BCUT2D eigenvalue weighted by molar-refractivity contribution is 0.0916. The monoisotopic (exact) mass is 413 g/mol. The number of aromatic nitrogens is 1. The van der Waals surface area contributed by atoms with Crippen LogP contribution in [0.5, 0.6) is 23.0 Å². The summed E-state index contributed by atoms with van der Waals surface area (Å²) in [5.41, 5.74) is 0.380. The third-order valence-electron chi connectivity index (χ3n) is 3.79. The molecule has 0 unspecified atom stereocenters. The molecule has 0 bridgehead atoms. The number of ether oxygens (including phenoxy) is 4. The lowest BCUT2D eigenvalue weighted by Crippen LogP contribution is -2.18. The van der Waals surface area contributed by atoms with Gasteiger partial charge in [0.1, 0.15) is 35.3 Å². The average Bonchev–Trinajstić information content (AvgIpc) is 3.21. The highest BCUT2D eigenvalue weighted by Crippen LogP contribution is 2.29. The molecule has 1 N–H and O–H groups in total. The van der Waals surface area contributed by atoms with Crippen molar-refractivity contribution in [3.05, 3.63) is 59.6 Å². The summed E-state index contributed by atoms with van der Waals surface area (Å²) in [5, 5.41) is 4.87. The van der Waals surface area contributed by atoms with Crippen molar-refractivity contribution in [2.75, 3.05) is 26.1 Å². The zero-order valence-corrected chi connectivity index (χ0v) is 17.1. The van der Waals surface area contributed by atoms with E-state index in [1.807, 2.05) is 6.92 Å². The first-order valence-corrected chi connectivity index (χ1v) is 9.71. The van der Waals surface area contributed by atoms with E-state index in [1.54, 1.807) is 62.1 Å². The number of methoxy groups -OCH3 is 2. The van der Waals surface area contributed by atoms with Crippen LogP contribution in [-0.4, -0.2) is 37.8 Å². The van der Waals surface area contributed by atoms with Gasteiger partial charge in [0.25, 0.3) is 5.91 Å². The Morgan fingerprint density at radius 3 is 2.48 bits per heavy atom. The van der Waals surface area contributed by atoms with Crippen molar-refractivity contribution >= 4 is 22.4 Å². The van der Waals surface area contributed by atoms with Crippen LogP contribution in [0.1, 0.15) is 17.3 Å². The average molecular weight is 413 g/mol. The fourth-order valence-corrected chi connectivity index (χ4v) is 3.00. The molecule has 151 valence electrons. The number of anilines is 1. The SMILES string of the molecule is COC[C@H](C)Oc1cc(Oc2ccc(OC)cc2)cc(C(=O)Nc2n[c]cs2)c1. The highest BCUT2D eigenvalue weighted by atomic mass is 32.1. The highest BCUT2D eigenvalue weighted by molar-refractivity contribution is 7.13. The molecule has 1 heterocycles. The van der Waals surface area contributed by atoms with E-state index in [0.717, 1.165) is 5.75 Å². The second-order valence-electron chi connectivity index (χ2n) is 6.09. The van der Waals surface area contributed by atoms with Crippen LogP contribution < -0.4 is 19.5 Å².